The lowest BCUT2D eigenvalue weighted by Gasteiger charge is -2.31. The Morgan fingerprint density at radius 2 is 1.26 bits per heavy atom. The molecule has 206 valence electrons. The maximum Gasteiger partial charge on any atom is 0.507 e. The average molecular weight is 547 g/mol. The first-order chi connectivity index (χ1) is 18.6. The van der Waals surface area contributed by atoms with Crippen molar-refractivity contribution in [1.82, 2.24) is 9.80 Å². The van der Waals surface area contributed by atoms with Crippen molar-refractivity contribution in [3.63, 3.8) is 0 Å². The van der Waals surface area contributed by atoms with Crippen LogP contribution in [0.4, 0.5) is 17.6 Å². The van der Waals surface area contributed by atoms with Crippen LogP contribution in [0, 0.1) is 0 Å². The van der Waals surface area contributed by atoms with Crippen molar-refractivity contribution in [1.29, 1.82) is 0 Å². The lowest BCUT2D eigenvalue weighted by molar-refractivity contribution is -0.391. The maximum absolute atomic E-state index is 13.5. The van der Waals surface area contributed by atoms with Gasteiger partial charge in [0.2, 0.25) is 0 Å². The zero-order chi connectivity index (χ0) is 27.6. The number of carbonyl (C=O) groups is 1. The molecule has 2 heterocycles. The molecule has 1 fully saturated rings. The highest BCUT2D eigenvalue weighted by Gasteiger charge is 2.66. The SMILES string of the molecule is O=C(O)c1ccc(CN2CCCN(Cc3ccc(Oc4ccc5c(c4)OC(F)(F)C(F)(F)O5)cc3)CC2)cc1. The normalized spacial score (nSPS) is 18.8. The molecule has 39 heavy (non-hydrogen) atoms. The van der Waals surface area contributed by atoms with Gasteiger partial charge in [0.25, 0.3) is 0 Å². The van der Waals surface area contributed by atoms with Gasteiger partial charge in [0.15, 0.2) is 11.5 Å². The molecule has 0 atom stereocenters. The molecule has 7 nitrogen and oxygen atoms in total. The Morgan fingerprint density at radius 3 is 1.82 bits per heavy atom. The topological polar surface area (TPSA) is 71.5 Å². The minimum absolute atomic E-state index is 0.135. The summed E-state index contributed by atoms with van der Waals surface area (Å²) < 4.78 is 67.6. The molecule has 0 saturated carbocycles. The quantitative estimate of drug-likeness (QED) is 0.373. The summed E-state index contributed by atoms with van der Waals surface area (Å²) in [5.41, 5.74) is 2.43. The van der Waals surface area contributed by atoms with Crippen LogP contribution in [0.3, 0.4) is 0 Å². The zero-order valence-corrected chi connectivity index (χ0v) is 20.8. The Hall–Kier alpha value is -3.83. The molecule has 0 spiro atoms. The second-order valence-corrected chi connectivity index (χ2v) is 9.50. The molecular formula is C28H26F4N2O5. The summed E-state index contributed by atoms with van der Waals surface area (Å²) in [5, 5.41) is 9.06. The molecule has 5 rings (SSSR count). The first-order valence-electron chi connectivity index (χ1n) is 12.4. The van der Waals surface area contributed by atoms with Gasteiger partial charge in [0.05, 0.1) is 5.56 Å². The Bertz CT molecular complexity index is 1320. The molecule has 3 aromatic carbocycles. The van der Waals surface area contributed by atoms with E-state index in [1.807, 2.05) is 24.3 Å². The Labute approximate surface area is 222 Å². The van der Waals surface area contributed by atoms with Gasteiger partial charge in [0, 0.05) is 32.2 Å². The first-order valence-corrected chi connectivity index (χ1v) is 12.4. The number of hydrogen-bond acceptors (Lipinski definition) is 6. The van der Waals surface area contributed by atoms with Crippen LogP contribution in [0.25, 0.3) is 0 Å². The first kappa shape index (κ1) is 26.8. The number of ether oxygens (including phenoxy) is 3. The number of fused-ring (bicyclic) bond motifs is 1. The van der Waals surface area contributed by atoms with E-state index in [9.17, 15) is 22.4 Å². The summed E-state index contributed by atoms with van der Waals surface area (Å²) in [5.74, 6) is -1.38. The number of aromatic carboxylic acids is 1. The van der Waals surface area contributed by atoms with Crippen molar-refractivity contribution < 1.29 is 41.7 Å². The van der Waals surface area contributed by atoms with Gasteiger partial charge in [-0.2, -0.15) is 17.6 Å². The molecule has 0 aliphatic carbocycles. The highest BCUT2D eigenvalue weighted by molar-refractivity contribution is 5.87. The number of halogens is 4. The van der Waals surface area contributed by atoms with Crippen LogP contribution in [0.5, 0.6) is 23.0 Å². The molecule has 1 N–H and O–H groups in total. The highest BCUT2D eigenvalue weighted by Crippen LogP contribution is 2.48. The van der Waals surface area contributed by atoms with Gasteiger partial charge in [-0.15, -0.1) is 0 Å². The fourth-order valence-corrected chi connectivity index (χ4v) is 4.52. The second-order valence-electron chi connectivity index (χ2n) is 9.50. The van der Waals surface area contributed by atoms with E-state index >= 15 is 0 Å². The van der Waals surface area contributed by atoms with E-state index in [0.717, 1.165) is 68.9 Å². The van der Waals surface area contributed by atoms with Gasteiger partial charge in [-0.1, -0.05) is 24.3 Å². The number of carboxylic acids is 1. The second kappa shape index (κ2) is 10.7. The Balaban J connectivity index is 1.14. The van der Waals surface area contributed by atoms with Crippen molar-refractivity contribution in [3.05, 3.63) is 83.4 Å². The molecule has 0 unspecified atom stereocenters. The van der Waals surface area contributed by atoms with Gasteiger partial charge in [-0.3, -0.25) is 9.80 Å². The van der Waals surface area contributed by atoms with Gasteiger partial charge >= 0.3 is 18.2 Å². The van der Waals surface area contributed by atoms with Crippen LogP contribution < -0.4 is 14.2 Å². The van der Waals surface area contributed by atoms with Crippen molar-refractivity contribution in [2.24, 2.45) is 0 Å². The molecule has 0 aromatic heterocycles. The van der Waals surface area contributed by atoms with E-state index in [1.165, 1.54) is 6.07 Å². The minimum atomic E-state index is -4.79. The summed E-state index contributed by atoms with van der Waals surface area (Å²) in [6, 6.07) is 17.8. The summed E-state index contributed by atoms with van der Waals surface area (Å²) >= 11 is 0. The van der Waals surface area contributed by atoms with E-state index < -0.39 is 29.7 Å². The van der Waals surface area contributed by atoms with E-state index in [1.54, 1.807) is 24.3 Å². The third-order valence-corrected chi connectivity index (χ3v) is 6.58. The van der Waals surface area contributed by atoms with Crippen LogP contribution in [-0.4, -0.2) is 59.3 Å². The van der Waals surface area contributed by atoms with Crippen molar-refractivity contribution in [2.45, 2.75) is 31.7 Å². The van der Waals surface area contributed by atoms with Crippen LogP contribution >= 0.6 is 0 Å². The molecule has 0 bridgehead atoms. The zero-order valence-electron chi connectivity index (χ0n) is 20.8. The number of carboxylic acid groups (broad SMARTS) is 1. The van der Waals surface area contributed by atoms with Crippen LogP contribution in [0.1, 0.15) is 27.9 Å². The van der Waals surface area contributed by atoms with Crippen molar-refractivity contribution in [3.8, 4) is 23.0 Å². The molecule has 0 amide bonds. The van der Waals surface area contributed by atoms with Crippen LogP contribution in [0.2, 0.25) is 0 Å². The molecule has 3 aromatic rings. The summed E-state index contributed by atoms with van der Waals surface area (Å²) in [4.78, 5) is 15.8. The van der Waals surface area contributed by atoms with Crippen LogP contribution in [-0.2, 0) is 13.1 Å². The van der Waals surface area contributed by atoms with Crippen LogP contribution in [0.15, 0.2) is 66.7 Å². The number of rotatable bonds is 7. The third kappa shape index (κ3) is 6.26. The summed E-state index contributed by atoms with van der Waals surface area (Å²) in [7, 11) is 0. The lowest BCUT2D eigenvalue weighted by atomic mass is 10.1. The fourth-order valence-electron chi connectivity index (χ4n) is 4.52. The summed E-state index contributed by atoms with van der Waals surface area (Å²) in [6.45, 7) is 5.16. The monoisotopic (exact) mass is 546 g/mol. The van der Waals surface area contributed by atoms with E-state index in [0.29, 0.717) is 5.75 Å². The third-order valence-electron chi connectivity index (χ3n) is 6.58. The van der Waals surface area contributed by atoms with Crippen molar-refractivity contribution in [2.75, 3.05) is 26.2 Å². The number of alkyl halides is 4. The molecule has 2 aliphatic rings. The lowest BCUT2D eigenvalue weighted by Crippen LogP contribution is -2.52. The standard InChI is InChI=1S/C28H26F4N2O5/c29-27(30)28(31,32)39-25-16-23(10-11-24(25)38-27)37-22-8-4-20(5-9-22)18-34-13-1-12-33(14-15-34)17-19-2-6-21(7-3-19)26(35)36/h2-11,16H,1,12-15,17-18H2,(H,35,36). The minimum Gasteiger partial charge on any atom is -0.478 e. The molecular weight excluding hydrogens is 520 g/mol. The molecule has 2 aliphatic heterocycles. The number of hydrogen-bond donors (Lipinski definition) is 1. The maximum atomic E-state index is 13.5. The summed E-state index contributed by atoms with van der Waals surface area (Å²) in [6.07, 6.45) is -8.55. The highest BCUT2D eigenvalue weighted by atomic mass is 19.3. The van der Waals surface area contributed by atoms with E-state index in [4.69, 9.17) is 9.84 Å². The van der Waals surface area contributed by atoms with E-state index in [2.05, 4.69) is 19.3 Å². The Morgan fingerprint density at radius 1 is 0.744 bits per heavy atom. The average Bonchev–Trinajstić information content (AvgIpc) is 3.11. The molecule has 0 radical (unpaired) electrons. The molecule has 11 heteroatoms. The van der Waals surface area contributed by atoms with Gasteiger partial charge in [-0.05, 0) is 67.0 Å². The van der Waals surface area contributed by atoms with Gasteiger partial charge in [0.1, 0.15) is 11.5 Å². The molecule has 1 saturated heterocycles. The van der Waals surface area contributed by atoms with Crippen molar-refractivity contribution >= 4 is 5.97 Å². The number of nitrogens with zero attached hydrogens (tertiary/aromatic N) is 2. The fraction of sp³-hybridized carbons (Fsp3) is 0.321. The predicted molar refractivity (Wildman–Crippen MR) is 133 cm³/mol. The number of benzene rings is 3. The smallest absolute Gasteiger partial charge is 0.478 e. The largest absolute Gasteiger partial charge is 0.507 e. The van der Waals surface area contributed by atoms with Gasteiger partial charge in [-0.25, -0.2) is 4.79 Å². The van der Waals surface area contributed by atoms with E-state index in [-0.39, 0.29) is 11.3 Å². The van der Waals surface area contributed by atoms with Gasteiger partial charge < -0.3 is 19.3 Å². The Kier molecular flexibility index (Phi) is 7.37. The predicted octanol–water partition coefficient (Wildman–Crippen LogP) is 5.84.